The maximum Gasteiger partial charge on any atom is -0.0103 e. The van der Waals surface area contributed by atoms with Gasteiger partial charge in [-0.2, -0.15) is 0 Å². The van der Waals surface area contributed by atoms with Gasteiger partial charge in [0.05, 0.1) is 0 Å². The first-order chi connectivity index (χ1) is 49.1. The summed E-state index contributed by atoms with van der Waals surface area (Å²) in [7, 11) is 0. The molecule has 0 heteroatoms. The van der Waals surface area contributed by atoms with E-state index >= 15 is 0 Å². The highest BCUT2D eigenvalue weighted by Gasteiger charge is 2.12. The highest BCUT2D eigenvalue weighted by Crippen LogP contribution is 2.37. The second kappa shape index (κ2) is 36.2. The number of hydrogen-bond acceptors (Lipinski definition) is 0. The second-order valence-electron chi connectivity index (χ2n) is 26.4. The molecule has 0 aliphatic carbocycles. The fourth-order valence-electron chi connectivity index (χ4n) is 12.1. The largest absolute Gasteiger partial charge is 0.0622 e. The Morgan fingerprint density at radius 2 is 0.307 bits per heavy atom. The summed E-state index contributed by atoms with van der Waals surface area (Å²) in [6, 6.07) is 131. The van der Waals surface area contributed by atoms with Crippen molar-refractivity contribution in [1.82, 2.24) is 0 Å². The minimum absolute atomic E-state index is 1.26. The molecule has 0 heterocycles. The summed E-state index contributed by atoms with van der Waals surface area (Å²) in [5, 5.41) is 0. The first-order valence-corrected chi connectivity index (χ1v) is 35.2. The van der Waals surface area contributed by atoms with Gasteiger partial charge in [-0.1, -0.05) is 408 Å². The molecular weight excluding hydrogens is 1210 g/mol. The van der Waals surface area contributed by atoms with Crippen molar-refractivity contribution >= 4 is 0 Å². The third-order valence-corrected chi connectivity index (χ3v) is 18.2. The molecule has 0 saturated carbocycles. The monoisotopic (exact) mass is 1310 g/mol. The third-order valence-electron chi connectivity index (χ3n) is 18.2. The fourth-order valence-corrected chi connectivity index (χ4v) is 12.1. The molecule has 0 aliphatic rings. The van der Waals surface area contributed by atoms with Gasteiger partial charge in [-0.3, -0.25) is 0 Å². The van der Waals surface area contributed by atoms with Gasteiger partial charge in [-0.25, -0.2) is 0 Å². The maximum absolute atomic E-state index is 2.26. The first-order valence-electron chi connectivity index (χ1n) is 35.2. The van der Waals surface area contributed by atoms with E-state index in [9.17, 15) is 0 Å². The van der Waals surface area contributed by atoms with Crippen LogP contribution in [0.4, 0.5) is 0 Å². The van der Waals surface area contributed by atoms with Crippen molar-refractivity contribution in [2.24, 2.45) is 0 Å². The smallest absolute Gasteiger partial charge is 0.0103 e. The zero-order valence-corrected chi connectivity index (χ0v) is 60.7. The Kier molecular flexibility index (Phi) is 25.8. The molecule has 15 aromatic carbocycles. The van der Waals surface area contributed by atoms with Crippen molar-refractivity contribution in [3.05, 3.63) is 431 Å². The molecule has 101 heavy (non-hydrogen) atoms. The van der Waals surface area contributed by atoms with Crippen LogP contribution < -0.4 is 0 Å². The summed E-state index contributed by atoms with van der Waals surface area (Å²) in [6.45, 7) is 23.4. The molecular formula is C101H94. The maximum atomic E-state index is 2.26. The lowest BCUT2D eigenvalue weighted by atomic mass is 9.90. The Labute approximate surface area is 603 Å². The summed E-state index contributed by atoms with van der Waals surface area (Å²) in [5.41, 5.74) is 37.5. The van der Waals surface area contributed by atoms with E-state index in [0.717, 1.165) is 0 Å². The van der Waals surface area contributed by atoms with Gasteiger partial charge < -0.3 is 0 Å². The molecule has 0 aliphatic heterocycles. The standard InChI is InChI=1S/3C20H18.C19H16.C14H14.C8H10/c1-15-3-7-17(8-4-15)19-11-13-20(14-12-19)18-9-5-16(2)6-10-18;1-15-9-3-5-11-17(15)19-13-7-8-14-20(19)18-12-6-4-10-16(18)2;1-15-9-11-17(12-10-15)19-7-4-8-20(14-19)18-6-3-5-16(2)13-18;1-15-9-5-6-12-17(15)19-14-8-7-13-18(19)16-10-3-2-4-11-16;1-11-3-7-13(8-4-11)14-9-5-12(2)6-10-14;1-7-3-5-8(2)6-4-7/h3*3-14H,1-2H3;2-14H,1H3;3-10H,1-2H3;3-6H,1-2H3. The molecule has 15 rings (SSSR count). The molecule has 0 aromatic heterocycles. The number of aryl methyl sites for hydroxylation is 11. The highest BCUT2D eigenvalue weighted by atomic mass is 14.2. The van der Waals surface area contributed by atoms with Gasteiger partial charge in [0.15, 0.2) is 0 Å². The van der Waals surface area contributed by atoms with Gasteiger partial charge in [0.2, 0.25) is 0 Å². The Bertz CT molecular complexity index is 4820. The molecule has 0 radical (unpaired) electrons. The van der Waals surface area contributed by atoms with E-state index in [4.69, 9.17) is 0 Å². The lowest BCUT2D eigenvalue weighted by molar-refractivity contribution is 1.40. The number of benzene rings is 15. The summed E-state index contributed by atoms with van der Waals surface area (Å²) in [5.74, 6) is 0. The van der Waals surface area contributed by atoms with Crippen LogP contribution >= 0.6 is 0 Å². The van der Waals surface area contributed by atoms with Gasteiger partial charge in [-0.15, -0.1) is 0 Å². The van der Waals surface area contributed by atoms with Crippen molar-refractivity contribution in [3.8, 4) is 100 Å². The SMILES string of the molecule is Cc1ccc(-c2ccc(-c3ccc(C)cc3)cc2)cc1.Cc1ccc(-c2ccc(C)cc2)cc1.Cc1ccc(-c2cccc(-c3cccc(C)c3)c2)cc1.Cc1ccc(C)cc1.Cc1ccccc1-c1ccccc1-c1ccccc1.Cc1ccccc1-c1ccccc1-c1ccccc1C. The Morgan fingerprint density at radius 3 is 0.604 bits per heavy atom. The quantitative estimate of drug-likeness (QED) is 0.135. The molecule has 0 atom stereocenters. The Morgan fingerprint density at radius 1 is 0.109 bits per heavy atom. The van der Waals surface area contributed by atoms with E-state index in [2.05, 4.69) is 446 Å². The third kappa shape index (κ3) is 20.9. The molecule has 498 valence electrons. The van der Waals surface area contributed by atoms with Gasteiger partial charge in [0, 0.05) is 0 Å². The van der Waals surface area contributed by atoms with Crippen molar-refractivity contribution < 1.29 is 0 Å². The van der Waals surface area contributed by atoms with Crippen LogP contribution in [0.2, 0.25) is 0 Å². The second-order valence-corrected chi connectivity index (χ2v) is 26.4. The molecule has 15 aromatic rings. The fraction of sp³-hybridized carbons (Fsp3) is 0.109. The first kappa shape index (κ1) is 72.1. The zero-order valence-electron chi connectivity index (χ0n) is 60.7. The van der Waals surface area contributed by atoms with E-state index in [1.165, 1.54) is 161 Å². The van der Waals surface area contributed by atoms with Crippen LogP contribution in [0.15, 0.2) is 370 Å². The molecule has 0 amide bonds. The predicted molar refractivity (Wildman–Crippen MR) is 440 cm³/mol. The van der Waals surface area contributed by atoms with Crippen LogP contribution in [0.25, 0.3) is 100 Å². The molecule has 0 unspecified atom stereocenters. The van der Waals surface area contributed by atoms with E-state index in [-0.39, 0.29) is 0 Å². The van der Waals surface area contributed by atoms with E-state index in [1.807, 2.05) is 0 Å². The molecule has 0 N–H and O–H groups in total. The molecule has 0 spiro atoms. The van der Waals surface area contributed by atoms with Crippen LogP contribution in [-0.4, -0.2) is 0 Å². The number of rotatable bonds is 9. The van der Waals surface area contributed by atoms with Crippen molar-refractivity contribution in [3.63, 3.8) is 0 Å². The van der Waals surface area contributed by atoms with Gasteiger partial charge >= 0.3 is 0 Å². The van der Waals surface area contributed by atoms with E-state index < -0.39 is 0 Å². The van der Waals surface area contributed by atoms with E-state index in [0.29, 0.717) is 0 Å². The normalized spacial score (nSPS) is 10.3. The highest BCUT2D eigenvalue weighted by molar-refractivity contribution is 5.87. The van der Waals surface area contributed by atoms with Gasteiger partial charge in [-0.05, 0) is 199 Å². The van der Waals surface area contributed by atoms with Crippen LogP contribution in [0, 0.1) is 76.2 Å². The summed E-state index contributed by atoms with van der Waals surface area (Å²) >= 11 is 0. The summed E-state index contributed by atoms with van der Waals surface area (Å²) in [4.78, 5) is 0. The van der Waals surface area contributed by atoms with Crippen LogP contribution in [-0.2, 0) is 0 Å². The molecule has 0 nitrogen and oxygen atoms in total. The number of hydrogen-bond donors (Lipinski definition) is 0. The summed E-state index contributed by atoms with van der Waals surface area (Å²) in [6.07, 6.45) is 0. The van der Waals surface area contributed by atoms with E-state index in [1.54, 1.807) is 0 Å². The van der Waals surface area contributed by atoms with Gasteiger partial charge in [0.1, 0.15) is 0 Å². The van der Waals surface area contributed by atoms with Crippen molar-refractivity contribution in [2.75, 3.05) is 0 Å². The summed E-state index contributed by atoms with van der Waals surface area (Å²) < 4.78 is 0. The zero-order chi connectivity index (χ0) is 70.9. The topological polar surface area (TPSA) is 0 Å². The van der Waals surface area contributed by atoms with Crippen LogP contribution in [0.3, 0.4) is 0 Å². The molecule has 0 bridgehead atoms. The Balaban J connectivity index is 0.000000133. The van der Waals surface area contributed by atoms with Gasteiger partial charge in [0.25, 0.3) is 0 Å². The minimum atomic E-state index is 1.26. The lowest BCUT2D eigenvalue weighted by Crippen LogP contribution is -1.89. The Hall–Kier alpha value is -11.7. The predicted octanol–water partition coefficient (Wildman–Crippen LogP) is 28.5. The van der Waals surface area contributed by atoms with Crippen LogP contribution in [0.1, 0.15) is 61.2 Å². The average Bonchev–Trinajstić information content (AvgIpc) is 0.792. The molecule has 0 fully saturated rings. The van der Waals surface area contributed by atoms with Crippen molar-refractivity contribution in [2.45, 2.75) is 76.2 Å². The average molecular weight is 1310 g/mol. The van der Waals surface area contributed by atoms with Crippen LogP contribution in [0.5, 0.6) is 0 Å². The molecule has 0 saturated heterocycles. The lowest BCUT2D eigenvalue weighted by Gasteiger charge is -2.14. The minimum Gasteiger partial charge on any atom is -0.0622 e. The van der Waals surface area contributed by atoms with Crippen molar-refractivity contribution in [1.29, 1.82) is 0 Å².